The van der Waals surface area contributed by atoms with E-state index in [1.54, 1.807) is 0 Å². The summed E-state index contributed by atoms with van der Waals surface area (Å²) < 4.78 is 4.85. The highest BCUT2D eigenvalue weighted by Crippen LogP contribution is 2.26. The van der Waals surface area contributed by atoms with Gasteiger partial charge in [0.1, 0.15) is 6.04 Å². The smallest absolute Gasteiger partial charge is 0.328 e. The van der Waals surface area contributed by atoms with Gasteiger partial charge in [0, 0.05) is 12.5 Å². The summed E-state index contributed by atoms with van der Waals surface area (Å²) in [6, 6.07) is 9.45. The first-order chi connectivity index (χ1) is 12.0. The lowest BCUT2D eigenvalue weighted by Gasteiger charge is -2.33. The van der Waals surface area contributed by atoms with Crippen LogP contribution in [-0.4, -0.2) is 49.6 Å². The van der Waals surface area contributed by atoms with Crippen LogP contribution in [0, 0.1) is 5.92 Å². The fourth-order valence-corrected chi connectivity index (χ4v) is 3.46. The van der Waals surface area contributed by atoms with Crippen LogP contribution in [0.2, 0.25) is 0 Å². The van der Waals surface area contributed by atoms with Crippen LogP contribution in [0.15, 0.2) is 30.3 Å². The monoisotopic (exact) mass is 346 g/mol. The molecule has 0 spiro atoms. The predicted octanol–water partition coefficient (Wildman–Crippen LogP) is 2.40. The number of ether oxygens (including phenoxy) is 1. The van der Waals surface area contributed by atoms with Gasteiger partial charge in [0.25, 0.3) is 0 Å². The number of carbonyl (C=O) groups excluding carboxylic acids is 2. The summed E-state index contributed by atoms with van der Waals surface area (Å²) in [5.74, 6) is 0.242. The van der Waals surface area contributed by atoms with E-state index in [9.17, 15) is 9.59 Å². The Balaban J connectivity index is 1.89. The maximum atomic E-state index is 12.4. The molecule has 0 bridgehead atoms. The maximum absolute atomic E-state index is 12.4. The van der Waals surface area contributed by atoms with Crippen molar-refractivity contribution in [2.75, 3.05) is 20.7 Å². The molecule has 25 heavy (non-hydrogen) atoms. The van der Waals surface area contributed by atoms with Gasteiger partial charge >= 0.3 is 5.97 Å². The molecule has 1 saturated carbocycles. The number of nitrogens with zero attached hydrogens (tertiary/aromatic N) is 1. The van der Waals surface area contributed by atoms with Gasteiger partial charge in [-0.1, -0.05) is 37.3 Å². The van der Waals surface area contributed by atoms with Gasteiger partial charge < -0.3 is 10.1 Å². The summed E-state index contributed by atoms with van der Waals surface area (Å²) in [4.78, 5) is 26.6. The van der Waals surface area contributed by atoms with Crippen molar-refractivity contribution in [1.82, 2.24) is 10.2 Å². The fourth-order valence-electron chi connectivity index (χ4n) is 3.46. The predicted molar refractivity (Wildman–Crippen MR) is 98.1 cm³/mol. The molecule has 1 aliphatic carbocycles. The molecule has 5 nitrogen and oxygen atoms in total. The lowest BCUT2D eigenvalue weighted by molar-refractivity contribution is -0.145. The molecule has 1 fully saturated rings. The minimum Gasteiger partial charge on any atom is -0.467 e. The Morgan fingerprint density at radius 3 is 2.44 bits per heavy atom. The molecular formula is C20H30N2O3. The van der Waals surface area contributed by atoms with E-state index in [1.807, 2.05) is 37.4 Å². The van der Waals surface area contributed by atoms with E-state index in [0.29, 0.717) is 19.0 Å². The number of amides is 1. The molecule has 1 aromatic carbocycles. The third-order valence-corrected chi connectivity index (χ3v) is 5.11. The van der Waals surface area contributed by atoms with Crippen molar-refractivity contribution < 1.29 is 14.3 Å². The number of rotatable bonds is 7. The molecule has 0 heterocycles. The van der Waals surface area contributed by atoms with Crippen molar-refractivity contribution in [1.29, 1.82) is 0 Å². The van der Waals surface area contributed by atoms with Gasteiger partial charge in [0.2, 0.25) is 5.91 Å². The van der Waals surface area contributed by atoms with E-state index in [2.05, 4.69) is 17.1 Å². The number of methoxy groups -OCH3 is 1. The number of hydrogen-bond donors (Lipinski definition) is 1. The first kappa shape index (κ1) is 19.4. The average Bonchev–Trinajstić information content (AvgIpc) is 2.61. The molecule has 1 aliphatic rings. The van der Waals surface area contributed by atoms with Crippen molar-refractivity contribution in [3.05, 3.63) is 35.9 Å². The van der Waals surface area contributed by atoms with Crippen LogP contribution >= 0.6 is 0 Å². The van der Waals surface area contributed by atoms with Gasteiger partial charge in [-0.3, -0.25) is 9.69 Å². The molecule has 138 valence electrons. The van der Waals surface area contributed by atoms with Crippen LogP contribution in [0.1, 0.15) is 38.2 Å². The molecule has 1 unspecified atom stereocenters. The highest BCUT2D eigenvalue weighted by molar-refractivity contribution is 5.85. The Labute approximate surface area is 150 Å². The zero-order valence-electron chi connectivity index (χ0n) is 15.5. The van der Waals surface area contributed by atoms with Crippen LogP contribution < -0.4 is 5.32 Å². The van der Waals surface area contributed by atoms with Crippen molar-refractivity contribution in [3.8, 4) is 0 Å². The average molecular weight is 346 g/mol. The Bertz CT molecular complexity index is 553. The summed E-state index contributed by atoms with van der Waals surface area (Å²) in [5, 5.41) is 2.84. The van der Waals surface area contributed by atoms with Gasteiger partial charge in [0.15, 0.2) is 0 Å². The Kier molecular flexibility index (Phi) is 7.44. The third kappa shape index (κ3) is 6.16. The van der Waals surface area contributed by atoms with Crippen molar-refractivity contribution in [3.63, 3.8) is 0 Å². The molecule has 0 radical (unpaired) electrons. The number of benzene rings is 1. The molecule has 1 amide bonds. The number of carbonyl (C=O) groups is 2. The van der Waals surface area contributed by atoms with Gasteiger partial charge in [-0.25, -0.2) is 4.79 Å². The first-order valence-corrected chi connectivity index (χ1v) is 9.11. The van der Waals surface area contributed by atoms with Gasteiger partial charge in [-0.15, -0.1) is 0 Å². The lowest BCUT2D eigenvalue weighted by Crippen LogP contribution is -2.48. The molecule has 1 atom stereocenters. The lowest BCUT2D eigenvalue weighted by atomic mass is 9.87. The number of likely N-dealkylation sites (N-methyl/N-ethyl adjacent to an activating group) is 1. The summed E-state index contributed by atoms with van der Waals surface area (Å²) in [5.41, 5.74) is 0.993. The SMILES string of the molecule is COC(=O)C(Cc1ccccc1)NC(=O)CN(C)C1CCC(C)CC1. The molecule has 1 aromatic rings. The quantitative estimate of drug-likeness (QED) is 0.770. The molecule has 1 N–H and O–H groups in total. The Morgan fingerprint density at radius 2 is 1.84 bits per heavy atom. The summed E-state index contributed by atoms with van der Waals surface area (Å²) in [6.45, 7) is 2.59. The van der Waals surface area contributed by atoms with E-state index >= 15 is 0 Å². The maximum Gasteiger partial charge on any atom is 0.328 e. The van der Waals surface area contributed by atoms with Crippen LogP contribution in [-0.2, 0) is 20.7 Å². The topological polar surface area (TPSA) is 58.6 Å². The van der Waals surface area contributed by atoms with E-state index < -0.39 is 12.0 Å². The highest BCUT2D eigenvalue weighted by atomic mass is 16.5. The Morgan fingerprint density at radius 1 is 1.20 bits per heavy atom. The van der Waals surface area contributed by atoms with E-state index in [1.165, 1.54) is 20.0 Å². The minimum absolute atomic E-state index is 0.132. The molecule has 2 rings (SSSR count). The van der Waals surface area contributed by atoms with Crippen molar-refractivity contribution in [2.45, 2.75) is 51.1 Å². The minimum atomic E-state index is -0.653. The van der Waals surface area contributed by atoms with Gasteiger partial charge in [-0.2, -0.15) is 0 Å². The normalized spacial score (nSPS) is 21.6. The van der Waals surface area contributed by atoms with Gasteiger partial charge in [0.05, 0.1) is 13.7 Å². The molecular weight excluding hydrogens is 316 g/mol. The second-order valence-corrected chi connectivity index (χ2v) is 7.16. The highest BCUT2D eigenvalue weighted by Gasteiger charge is 2.26. The largest absolute Gasteiger partial charge is 0.467 e. The van der Waals surface area contributed by atoms with Gasteiger partial charge in [-0.05, 0) is 44.2 Å². The second-order valence-electron chi connectivity index (χ2n) is 7.16. The summed E-state index contributed by atoms with van der Waals surface area (Å²) >= 11 is 0. The van der Waals surface area contributed by atoms with Crippen LogP contribution in [0.5, 0.6) is 0 Å². The number of hydrogen-bond acceptors (Lipinski definition) is 4. The third-order valence-electron chi connectivity index (χ3n) is 5.11. The molecule has 0 aliphatic heterocycles. The summed E-state index contributed by atoms with van der Waals surface area (Å²) in [6.07, 6.45) is 5.14. The van der Waals surface area contributed by atoms with Crippen LogP contribution in [0.25, 0.3) is 0 Å². The van der Waals surface area contributed by atoms with Crippen LogP contribution in [0.4, 0.5) is 0 Å². The van der Waals surface area contributed by atoms with E-state index in [-0.39, 0.29) is 5.91 Å². The fraction of sp³-hybridized carbons (Fsp3) is 0.600. The van der Waals surface area contributed by atoms with Crippen molar-refractivity contribution in [2.24, 2.45) is 5.92 Å². The first-order valence-electron chi connectivity index (χ1n) is 9.11. The summed E-state index contributed by atoms with van der Waals surface area (Å²) in [7, 11) is 3.34. The van der Waals surface area contributed by atoms with E-state index in [0.717, 1.165) is 24.3 Å². The zero-order valence-corrected chi connectivity index (χ0v) is 15.5. The molecule has 5 heteroatoms. The molecule has 0 saturated heterocycles. The Hall–Kier alpha value is -1.88. The standard InChI is InChI=1S/C20H30N2O3/c1-15-9-11-17(12-10-15)22(2)14-19(23)21-18(20(24)25-3)13-16-7-5-4-6-8-16/h4-8,15,17-18H,9-14H2,1-3H3,(H,21,23). The van der Waals surface area contributed by atoms with Crippen LogP contribution in [0.3, 0.4) is 0 Å². The van der Waals surface area contributed by atoms with E-state index in [4.69, 9.17) is 4.74 Å². The van der Waals surface area contributed by atoms with Crippen molar-refractivity contribution >= 4 is 11.9 Å². The zero-order chi connectivity index (χ0) is 18.2. The molecule has 0 aromatic heterocycles. The second kappa shape index (κ2) is 9.56. The number of esters is 1. The number of nitrogens with one attached hydrogen (secondary N) is 1.